The number of hydrogen-bond donors (Lipinski definition) is 0. The molecule has 23 heavy (non-hydrogen) atoms. The third kappa shape index (κ3) is 3.43. The molecule has 1 amide bonds. The second kappa shape index (κ2) is 7.19. The Kier molecular flexibility index (Phi) is 5.03. The third-order valence-electron chi connectivity index (χ3n) is 4.73. The van der Waals surface area contributed by atoms with Gasteiger partial charge < -0.3 is 14.4 Å². The normalized spacial score (nSPS) is 27.3. The van der Waals surface area contributed by atoms with E-state index in [0.717, 1.165) is 25.9 Å². The maximum absolute atomic E-state index is 12.7. The summed E-state index contributed by atoms with van der Waals surface area (Å²) in [5.41, 5.74) is 0.465. The SMILES string of the molecule is C=CCOC[C@@]12CCCO[C@H]1CCN(C(=O)c1ccnnc1)C2. The highest BCUT2D eigenvalue weighted by atomic mass is 16.5. The first-order chi connectivity index (χ1) is 11.2. The molecule has 0 unspecified atom stereocenters. The standard InChI is InChI=1S/C17H23N3O3/c1-2-9-22-13-17-6-3-10-23-15(17)5-8-20(12-17)16(21)14-4-7-18-19-11-14/h2,4,7,11,15H,1,3,5-6,8-10,12-13H2/t15-,17-/m0/s1. The van der Waals surface area contributed by atoms with Crippen LogP contribution in [-0.2, 0) is 9.47 Å². The van der Waals surface area contributed by atoms with Gasteiger partial charge in [0, 0.05) is 25.1 Å². The molecule has 2 atom stereocenters. The van der Waals surface area contributed by atoms with Crippen LogP contribution < -0.4 is 0 Å². The summed E-state index contributed by atoms with van der Waals surface area (Å²) >= 11 is 0. The van der Waals surface area contributed by atoms with Gasteiger partial charge in [0.1, 0.15) is 0 Å². The second-order valence-electron chi connectivity index (χ2n) is 6.28. The van der Waals surface area contributed by atoms with Crippen LogP contribution >= 0.6 is 0 Å². The minimum Gasteiger partial charge on any atom is -0.377 e. The predicted octanol–water partition coefficient (Wildman–Crippen LogP) is 1.69. The number of nitrogens with zero attached hydrogens (tertiary/aromatic N) is 3. The summed E-state index contributed by atoms with van der Waals surface area (Å²) in [7, 11) is 0. The molecule has 2 fully saturated rings. The fourth-order valence-electron chi connectivity index (χ4n) is 3.62. The van der Waals surface area contributed by atoms with Gasteiger partial charge in [-0.15, -0.1) is 6.58 Å². The van der Waals surface area contributed by atoms with E-state index in [1.54, 1.807) is 18.3 Å². The molecule has 0 radical (unpaired) electrons. The van der Waals surface area contributed by atoms with Gasteiger partial charge in [-0.25, -0.2) is 0 Å². The zero-order valence-corrected chi connectivity index (χ0v) is 13.3. The summed E-state index contributed by atoms with van der Waals surface area (Å²) < 4.78 is 11.7. The second-order valence-corrected chi connectivity index (χ2v) is 6.28. The Hall–Kier alpha value is -1.79. The van der Waals surface area contributed by atoms with Crippen LogP contribution in [0.25, 0.3) is 0 Å². The molecule has 2 saturated heterocycles. The first-order valence-electron chi connectivity index (χ1n) is 8.11. The number of aromatic nitrogens is 2. The minimum absolute atomic E-state index is 0.00650. The van der Waals surface area contributed by atoms with Gasteiger partial charge >= 0.3 is 0 Å². The van der Waals surface area contributed by atoms with Crippen LogP contribution in [0.5, 0.6) is 0 Å². The van der Waals surface area contributed by atoms with E-state index in [2.05, 4.69) is 16.8 Å². The van der Waals surface area contributed by atoms with Gasteiger partial charge in [0.05, 0.1) is 37.3 Å². The molecule has 0 saturated carbocycles. The molecule has 2 aliphatic heterocycles. The summed E-state index contributed by atoms with van der Waals surface area (Å²) in [4.78, 5) is 14.6. The Morgan fingerprint density at radius 1 is 1.57 bits per heavy atom. The van der Waals surface area contributed by atoms with Crippen molar-refractivity contribution in [2.24, 2.45) is 5.41 Å². The molecular weight excluding hydrogens is 294 g/mol. The highest BCUT2D eigenvalue weighted by Gasteiger charge is 2.47. The van der Waals surface area contributed by atoms with Crippen LogP contribution in [0.4, 0.5) is 0 Å². The zero-order chi connectivity index (χ0) is 16.1. The molecule has 1 aromatic rings. The molecule has 6 heteroatoms. The summed E-state index contributed by atoms with van der Waals surface area (Å²) in [5, 5.41) is 7.53. The molecule has 2 aliphatic rings. The number of amides is 1. The maximum atomic E-state index is 12.7. The zero-order valence-electron chi connectivity index (χ0n) is 13.3. The highest BCUT2D eigenvalue weighted by molar-refractivity contribution is 5.93. The van der Waals surface area contributed by atoms with Crippen molar-refractivity contribution in [1.29, 1.82) is 0 Å². The Balaban J connectivity index is 1.75. The molecule has 0 spiro atoms. The van der Waals surface area contributed by atoms with Crippen molar-refractivity contribution >= 4 is 5.91 Å². The molecule has 3 rings (SSSR count). The van der Waals surface area contributed by atoms with E-state index in [9.17, 15) is 4.79 Å². The fourth-order valence-corrected chi connectivity index (χ4v) is 3.62. The molecule has 6 nitrogen and oxygen atoms in total. The number of ether oxygens (including phenoxy) is 2. The molecule has 1 aromatic heterocycles. The molecule has 0 bridgehead atoms. The Morgan fingerprint density at radius 3 is 3.26 bits per heavy atom. The number of rotatable bonds is 5. The first kappa shape index (κ1) is 16.1. The number of carbonyl (C=O) groups excluding carboxylic acids is 1. The van der Waals surface area contributed by atoms with Crippen LogP contribution in [0.2, 0.25) is 0 Å². The van der Waals surface area contributed by atoms with Gasteiger partial charge in [0.25, 0.3) is 5.91 Å². The Labute approximate surface area is 136 Å². The quantitative estimate of drug-likeness (QED) is 0.611. The topological polar surface area (TPSA) is 64.6 Å². The first-order valence-corrected chi connectivity index (χ1v) is 8.11. The van der Waals surface area contributed by atoms with E-state index in [4.69, 9.17) is 9.47 Å². The van der Waals surface area contributed by atoms with Crippen LogP contribution in [0.15, 0.2) is 31.1 Å². The number of likely N-dealkylation sites (tertiary alicyclic amines) is 1. The monoisotopic (exact) mass is 317 g/mol. The van der Waals surface area contributed by atoms with E-state index < -0.39 is 0 Å². The lowest BCUT2D eigenvalue weighted by molar-refractivity contribution is -0.144. The smallest absolute Gasteiger partial charge is 0.255 e. The van der Waals surface area contributed by atoms with Crippen molar-refractivity contribution in [1.82, 2.24) is 15.1 Å². The molecule has 0 N–H and O–H groups in total. The number of hydrogen-bond acceptors (Lipinski definition) is 5. The van der Waals surface area contributed by atoms with Gasteiger partial charge in [-0.1, -0.05) is 6.08 Å². The third-order valence-corrected chi connectivity index (χ3v) is 4.73. The summed E-state index contributed by atoms with van der Waals surface area (Å²) in [6.07, 6.45) is 7.87. The van der Waals surface area contributed by atoms with Gasteiger partial charge in [-0.3, -0.25) is 4.79 Å². The molecule has 3 heterocycles. The van der Waals surface area contributed by atoms with Crippen molar-refractivity contribution in [3.05, 3.63) is 36.7 Å². The van der Waals surface area contributed by atoms with Gasteiger partial charge in [0.15, 0.2) is 0 Å². The summed E-state index contributed by atoms with van der Waals surface area (Å²) in [5.74, 6) is 0.00650. The molecule has 0 aromatic carbocycles. The van der Waals surface area contributed by atoms with Gasteiger partial charge in [0.2, 0.25) is 0 Å². The Bertz CT molecular complexity index is 551. The van der Waals surface area contributed by atoms with Crippen LogP contribution in [-0.4, -0.2) is 60.0 Å². The molecule has 0 aliphatic carbocycles. The summed E-state index contributed by atoms with van der Waals surface area (Å²) in [6.45, 7) is 6.99. The average molecular weight is 317 g/mol. The van der Waals surface area contributed by atoms with E-state index in [1.807, 2.05) is 4.90 Å². The van der Waals surface area contributed by atoms with Crippen LogP contribution in [0.3, 0.4) is 0 Å². The molecule has 124 valence electrons. The number of piperidine rings is 1. The minimum atomic E-state index is -0.115. The Morgan fingerprint density at radius 2 is 2.48 bits per heavy atom. The largest absolute Gasteiger partial charge is 0.377 e. The van der Waals surface area contributed by atoms with Gasteiger partial charge in [-0.2, -0.15) is 10.2 Å². The van der Waals surface area contributed by atoms with Crippen LogP contribution in [0.1, 0.15) is 29.6 Å². The van der Waals surface area contributed by atoms with Crippen molar-refractivity contribution in [3.8, 4) is 0 Å². The van der Waals surface area contributed by atoms with Crippen molar-refractivity contribution in [2.75, 3.05) is 32.9 Å². The van der Waals surface area contributed by atoms with Crippen LogP contribution in [0, 0.1) is 5.41 Å². The van der Waals surface area contributed by atoms with E-state index >= 15 is 0 Å². The highest BCUT2D eigenvalue weighted by Crippen LogP contribution is 2.40. The van der Waals surface area contributed by atoms with E-state index in [0.29, 0.717) is 31.9 Å². The number of carbonyl (C=O) groups is 1. The number of fused-ring (bicyclic) bond motifs is 1. The lowest BCUT2D eigenvalue weighted by Gasteiger charge is -2.50. The molecular formula is C17H23N3O3. The van der Waals surface area contributed by atoms with Crippen molar-refractivity contribution in [2.45, 2.75) is 25.4 Å². The summed E-state index contributed by atoms with van der Waals surface area (Å²) in [6, 6.07) is 1.71. The van der Waals surface area contributed by atoms with Crippen molar-refractivity contribution in [3.63, 3.8) is 0 Å². The maximum Gasteiger partial charge on any atom is 0.255 e. The van der Waals surface area contributed by atoms with Gasteiger partial charge in [-0.05, 0) is 25.3 Å². The fraction of sp³-hybridized carbons (Fsp3) is 0.588. The lowest BCUT2D eigenvalue weighted by atomic mass is 9.73. The van der Waals surface area contributed by atoms with Crippen molar-refractivity contribution < 1.29 is 14.3 Å². The predicted molar refractivity (Wildman–Crippen MR) is 85.0 cm³/mol. The average Bonchev–Trinajstić information content (AvgIpc) is 2.61. The van der Waals surface area contributed by atoms with E-state index in [1.165, 1.54) is 6.20 Å². The van der Waals surface area contributed by atoms with E-state index in [-0.39, 0.29) is 17.4 Å². The lowest BCUT2D eigenvalue weighted by Crippen LogP contribution is -2.58.